The fraction of sp³-hybridized carbons (Fsp3) is 0.462. The standard InChI is InChI=1S/C13H14F2O3/c1-18-8-4-10(14)13(11(15)5-8)9(6-12(16)17)7-2-3-7/h4-5,7,9H,2-3,6H2,1H3,(H,16,17). The Hall–Kier alpha value is -1.65. The van der Waals surface area contributed by atoms with Crippen molar-refractivity contribution in [3.05, 3.63) is 29.3 Å². The van der Waals surface area contributed by atoms with E-state index in [1.165, 1.54) is 7.11 Å². The number of hydrogen-bond acceptors (Lipinski definition) is 2. The minimum atomic E-state index is -1.04. The molecule has 1 fully saturated rings. The number of hydrogen-bond donors (Lipinski definition) is 1. The van der Waals surface area contributed by atoms with Gasteiger partial charge < -0.3 is 9.84 Å². The minimum Gasteiger partial charge on any atom is -0.497 e. The zero-order valence-electron chi connectivity index (χ0n) is 9.95. The van der Waals surface area contributed by atoms with Gasteiger partial charge in [0.2, 0.25) is 0 Å². The number of carbonyl (C=O) groups is 1. The average molecular weight is 256 g/mol. The van der Waals surface area contributed by atoms with Crippen molar-refractivity contribution in [1.29, 1.82) is 0 Å². The fourth-order valence-corrected chi connectivity index (χ4v) is 2.22. The molecule has 1 unspecified atom stereocenters. The van der Waals surface area contributed by atoms with Crippen LogP contribution in [0.2, 0.25) is 0 Å². The SMILES string of the molecule is COc1cc(F)c(C(CC(=O)O)C2CC2)c(F)c1. The van der Waals surface area contributed by atoms with Crippen LogP contribution in [-0.2, 0) is 4.79 Å². The molecule has 2 rings (SSSR count). The number of halogens is 2. The first-order valence-corrected chi connectivity index (χ1v) is 5.77. The van der Waals surface area contributed by atoms with Crippen molar-refractivity contribution in [2.45, 2.75) is 25.2 Å². The summed E-state index contributed by atoms with van der Waals surface area (Å²) in [5.74, 6) is -2.93. The number of rotatable bonds is 5. The highest BCUT2D eigenvalue weighted by atomic mass is 19.1. The van der Waals surface area contributed by atoms with Crippen LogP contribution in [0.15, 0.2) is 12.1 Å². The summed E-state index contributed by atoms with van der Waals surface area (Å²) in [5, 5.41) is 8.83. The molecule has 1 aliphatic rings. The van der Waals surface area contributed by atoms with Crippen molar-refractivity contribution in [2.24, 2.45) is 5.92 Å². The van der Waals surface area contributed by atoms with Crippen LogP contribution in [0.1, 0.15) is 30.7 Å². The Morgan fingerprint density at radius 3 is 2.39 bits per heavy atom. The monoisotopic (exact) mass is 256 g/mol. The first-order chi connectivity index (χ1) is 8.52. The Bertz CT molecular complexity index is 446. The van der Waals surface area contributed by atoms with Gasteiger partial charge in [0.1, 0.15) is 17.4 Å². The van der Waals surface area contributed by atoms with Crippen LogP contribution in [0, 0.1) is 17.6 Å². The van der Waals surface area contributed by atoms with Gasteiger partial charge in [-0.2, -0.15) is 0 Å². The molecule has 0 saturated heterocycles. The van der Waals surface area contributed by atoms with E-state index in [1.54, 1.807) is 0 Å². The van der Waals surface area contributed by atoms with E-state index in [0.29, 0.717) is 0 Å². The Kier molecular flexibility index (Phi) is 3.50. The van der Waals surface area contributed by atoms with Gasteiger partial charge in [-0.25, -0.2) is 8.78 Å². The third-order valence-corrected chi connectivity index (χ3v) is 3.24. The van der Waals surface area contributed by atoms with Crippen LogP contribution >= 0.6 is 0 Å². The van der Waals surface area contributed by atoms with E-state index in [-0.39, 0.29) is 23.7 Å². The molecule has 0 amide bonds. The molecule has 5 heteroatoms. The van der Waals surface area contributed by atoms with E-state index >= 15 is 0 Å². The van der Waals surface area contributed by atoms with Gasteiger partial charge in [-0.05, 0) is 18.8 Å². The van der Waals surface area contributed by atoms with Crippen molar-refractivity contribution in [2.75, 3.05) is 7.11 Å². The molecule has 0 aliphatic heterocycles. The van der Waals surface area contributed by atoms with Crippen molar-refractivity contribution in [3.8, 4) is 5.75 Å². The second kappa shape index (κ2) is 4.92. The highest BCUT2D eigenvalue weighted by Gasteiger charge is 2.37. The van der Waals surface area contributed by atoms with E-state index in [0.717, 1.165) is 25.0 Å². The summed E-state index contributed by atoms with van der Waals surface area (Å²) >= 11 is 0. The summed E-state index contributed by atoms with van der Waals surface area (Å²) in [6.07, 6.45) is 1.40. The third kappa shape index (κ3) is 2.60. The smallest absolute Gasteiger partial charge is 0.303 e. The number of benzene rings is 1. The third-order valence-electron chi connectivity index (χ3n) is 3.24. The molecule has 0 spiro atoms. The van der Waals surface area contributed by atoms with Crippen LogP contribution in [0.5, 0.6) is 5.75 Å². The number of methoxy groups -OCH3 is 1. The largest absolute Gasteiger partial charge is 0.497 e. The lowest BCUT2D eigenvalue weighted by Crippen LogP contribution is -2.12. The summed E-state index contributed by atoms with van der Waals surface area (Å²) in [7, 11) is 1.32. The van der Waals surface area contributed by atoms with Gasteiger partial charge in [0.25, 0.3) is 0 Å². The normalized spacial score (nSPS) is 16.4. The molecule has 1 aromatic carbocycles. The predicted octanol–water partition coefficient (Wildman–Crippen LogP) is 2.94. The minimum absolute atomic E-state index is 0.0681. The molecule has 0 aromatic heterocycles. The number of aliphatic carboxylic acids is 1. The van der Waals surface area contributed by atoms with Gasteiger partial charge >= 0.3 is 5.97 Å². The quantitative estimate of drug-likeness (QED) is 0.881. The van der Waals surface area contributed by atoms with Crippen molar-refractivity contribution in [3.63, 3.8) is 0 Å². The van der Waals surface area contributed by atoms with E-state index in [2.05, 4.69) is 0 Å². The molecule has 3 nitrogen and oxygen atoms in total. The number of carboxylic acids is 1. The van der Waals surface area contributed by atoms with Crippen molar-refractivity contribution < 1.29 is 23.4 Å². The van der Waals surface area contributed by atoms with Crippen LogP contribution < -0.4 is 4.74 Å². The predicted molar refractivity (Wildman–Crippen MR) is 60.6 cm³/mol. The molecular formula is C13H14F2O3. The highest BCUT2D eigenvalue weighted by molar-refractivity contribution is 5.68. The zero-order valence-corrected chi connectivity index (χ0v) is 9.95. The summed E-state index contributed by atoms with van der Waals surface area (Å²) < 4.78 is 32.5. The molecule has 1 aromatic rings. The Morgan fingerprint density at radius 2 is 2.00 bits per heavy atom. The van der Waals surface area contributed by atoms with Crippen molar-refractivity contribution in [1.82, 2.24) is 0 Å². The lowest BCUT2D eigenvalue weighted by Gasteiger charge is -2.17. The van der Waals surface area contributed by atoms with Gasteiger partial charge in [-0.15, -0.1) is 0 Å². The van der Waals surface area contributed by atoms with Crippen LogP contribution in [0.3, 0.4) is 0 Å². The summed E-state index contributed by atoms with van der Waals surface area (Å²) in [4.78, 5) is 10.8. The Labute approximate surface area is 103 Å². The lowest BCUT2D eigenvalue weighted by molar-refractivity contribution is -0.137. The molecule has 1 N–H and O–H groups in total. The maximum atomic E-state index is 13.9. The van der Waals surface area contributed by atoms with Crippen molar-refractivity contribution >= 4 is 5.97 Å². The average Bonchev–Trinajstić information content (AvgIpc) is 3.09. The van der Waals surface area contributed by atoms with Crippen LogP contribution in [0.4, 0.5) is 8.78 Å². The zero-order chi connectivity index (χ0) is 13.3. The second-order valence-electron chi connectivity index (χ2n) is 4.55. The van der Waals surface area contributed by atoms with E-state index in [4.69, 9.17) is 9.84 Å². The summed E-state index contributed by atoms with van der Waals surface area (Å²) in [5.41, 5.74) is -0.124. The van der Waals surface area contributed by atoms with E-state index < -0.39 is 23.5 Å². The molecular weight excluding hydrogens is 242 g/mol. The molecule has 0 radical (unpaired) electrons. The molecule has 1 aliphatic carbocycles. The van der Waals surface area contributed by atoms with Crippen LogP contribution in [-0.4, -0.2) is 18.2 Å². The molecule has 18 heavy (non-hydrogen) atoms. The first-order valence-electron chi connectivity index (χ1n) is 5.77. The van der Waals surface area contributed by atoms with Gasteiger partial charge in [0.05, 0.1) is 13.5 Å². The number of carboxylic acid groups (broad SMARTS) is 1. The second-order valence-corrected chi connectivity index (χ2v) is 4.55. The van der Waals surface area contributed by atoms with E-state index in [1.807, 2.05) is 0 Å². The maximum Gasteiger partial charge on any atom is 0.303 e. The van der Waals surface area contributed by atoms with E-state index in [9.17, 15) is 13.6 Å². The van der Waals surface area contributed by atoms with Gasteiger partial charge in [0, 0.05) is 23.6 Å². The lowest BCUT2D eigenvalue weighted by atomic mass is 9.90. The summed E-state index contributed by atoms with van der Waals surface area (Å²) in [6, 6.07) is 2.19. The molecule has 1 atom stereocenters. The highest BCUT2D eigenvalue weighted by Crippen LogP contribution is 2.46. The number of ether oxygens (including phenoxy) is 1. The topological polar surface area (TPSA) is 46.5 Å². The van der Waals surface area contributed by atoms with Gasteiger partial charge in [0.15, 0.2) is 0 Å². The Morgan fingerprint density at radius 1 is 1.44 bits per heavy atom. The maximum absolute atomic E-state index is 13.9. The van der Waals surface area contributed by atoms with Gasteiger partial charge in [-0.3, -0.25) is 4.79 Å². The molecule has 0 heterocycles. The molecule has 0 bridgehead atoms. The molecule has 1 saturated carbocycles. The fourth-order valence-electron chi connectivity index (χ4n) is 2.22. The molecule has 98 valence electrons. The summed E-state index contributed by atoms with van der Waals surface area (Å²) in [6.45, 7) is 0. The Balaban J connectivity index is 2.37. The van der Waals surface area contributed by atoms with Gasteiger partial charge in [-0.1, -0.05) is 0 Å². The van der Waals surface area contributed by atoms with Crippen LogP contribution in [0.25, 0.3) is 0 Å². The first kappa shape index (κ1) is 12.8.